The van der Waals surface area contributed by atoms with E-state index < -0.39 is 11.7 Å². The highest BCUT2D eigenvalue weighted by Gasteiger charge is 2.30. The lowest BCUT2D eigenvalue weighted by Crippen LogP contribution is -2.06. The van der Waals surface area contributed by atoms with E-state index in [1.54, 1.807) is 19.3 Å². The van der Waals surface area contributed by atoms with E-state index in [1.807, 2.05) is 12.2 Å². The first-order valence-corrected chi connectivity index (χ1v) is 6.12. The van der Waals surface area contributed by atoms with Crippen LogP contribution in [0.25, 0.3) is 0 Å². The summed E-state index contributed by atoms with van der Waals surface area (Å²) in [7, 11) is 1.59. The molecule has 2 rings (SSSR count). The average molecular weight is 281 g/mol. The second kappa shape index (κ2) is 5.94. The summed E-state index contributed by atoms with van der Waals surface area (Å²) < 4.78 is 42.8. The Morgan fingerprint density at radius 1 is 1.35 bits per heavy atom. The van der Waals surface area contributed by atoms with Crippen molar-refractivity contribution in [2.45, 2.75) is 18.6 Å². The number of rotatable bonds is 3. The van der Waals surface area contributed by atoms with E-state index in [0.29, 0.717) is 12.0 Å². The van der Waals surface area contributed by atoms with Crippen LogP contribution in [0.2, 0.25) is 0 Å². The summed E-state index contributed by atoms with van der Waals surface area (Å²) >= 11 is 0. The molecule has 0 heterocycles. The van der Waals surface area contributed by atoms with Gasteiger partial charge in [-0.1, -0.05) is 18.2 Å². The fraction of sp³-hybridized carbons (Fsp3) is 0.267. The Bertz CT molecular complexity index is 558. The first-order valence-electron chi connectivity index (χ1n) is 6.12. The molecule has 20 heavy (non-hydrogen) atoms. The molecule has 0 bridgehead atoms. The van der Waals surface area contributed by atoms with Gasteiger partial charge in [0.2, 0.25) is 0 Å². The van der Waals surface area contributed by atoms with Gasteiger partial charge in [0, 0.05) is 6.21 Å². The minimum Gasteiger partial charge on any atom is -0.497 e. The molecule has 0 N–H and O–H groups in total. The standard InChI is InChI=1S/C15H14F3NO/c1-20-14-7-5-13(6-8-14)19-10-11-3-2-4-12(9-11)15(16,17)18/h2-5,7-10,13H,6H2,1H3/b19-10+. The number of hydrogen-bond acceptors (Lipinski definition) is 2. The topological polar surface area (TPSA) is 21.6 Å². The second-order valence-electron chi connectivity index (χ2n) is 4.37. The lowest BCUT2D eigenvalue weighted by molar-refractivity contribution is -0.137. The molecule has 0 saturated heterocycles. The molecule has 2 nitrogen and oxygen atoms in total. The number of aliphatic imine (C=N–C) groups is 1. The maximum Gasteiger partial charge on any atom is 0.416 e. The summed E-state index contributed by atoms with van der Waals surface area (Å²) in [6, 6.07) is 5.05. The summed E-state index contributed by atoms with van der Waals surface area (Å²) in [4.78, 5) is 4.27. The number of benzene rings is 1. The Labute approximate surface area is 115 Å². The minimum absolute atomic E-state index is 0.0663. The molecule has 0 radical (unpaired) electrons. The summed E-state index contributed by atoms with van der Waals surface area (Å²) in [5.74, 6) is 0.774. The van der Waals surface area contributed by atoms with Gasteiger partial charge in [0.05, 0.1) is 18.7 Å². The van der Waals surface area contributed by atoms with E-state index in [-0.39, 0.29) is 6.04 Å². The molecule has 1 aliphatic rings. The monoisotopic (exact) mass is 281 g/mol. The minimum atomic E-state index is -4.33. The lowest BCUT2D eigenvalue weighted by Gasteiger charge is -2.11. The maximum absolute atomic E-state index is 12.6. The normalized spacial score (nSPS) is 19.2. The Hall–Kier alpha value is -2.04. The molecule has 0 aromatic heterocycles. The summed E-state index contributed by atoms with van der Waals surface area (Å²) in [5.41, 5.74) is -0.225. The Morgan fingerprint density at radius 3 is 2.75 bits per heavy atom. The fourth-order valence-electron chi connectivity index (χ4n) is 1.83. The van der Waals surface area contributed by atoms with Crippen molar-refractivity contribution in [1.29, 1.82) is 0 Å². The molecule has 1 aromatic carbocycles. The van der Waals surface area contributed by atoms with Crippen LogP contribution in [-0.2, 0) is 10.9 Å². The molecular weight excluding hydrogens is 267 g/mol. The molecule has 0 aliphatic heterocycles. The number of ether oxygens (including phenoxy) is 1. The molecule has 5 heteroatoms. The molecular formula is C15H14F3NO. The van der Waals surface area contributed by atoms with Crippen molar-refractivity contribution in [2.24, 2.45) is 4.99 Å². The van der Waals surface area contributed by atoms with Gasteiger partial charge in [-0.2, -0.15) is 13.2 Å². The Kier molecular flexibility index (Phi) is 4.27. The van der Waals surface area contributed by atoms with Crippen LogP contribution in [0.15, 0.2) is 53.2 Å². The van der Waals surface area contributed by atoms with Crippen LogP contribution in [0.4, 0.5) is 13.2 Å². The van der Waals surface area contributed by atoms with Gasteiger partial charge in [0.25, 0.3) is 0 Å². The highest BCUT2D eigenvalue weighted by Crippen LogP contribution is 2.29. The predicted molar refractivity (Wildman–Crippen MR) is 71.7 cm³/mol. The lowest BCUT2D eigenvalue weighted by atomic mass is 10.1. The van der Waals surface area contributed by atoms with E-state index in [0.717, 1.165) is 17.9 Å². The van der Waals surface area contributed by atoms with Crippen molar-refractivity contribution in [3.63, 3.8) is 0 Å². The van der Waals surface area contributed by atoms with Crippen LogP contribution in [0.5, 0.6) is 0 Å². The van der Waals surface area contributed by atoms with Crippen molar-refractivity contribution < 1.29 is 17.9 Å². The van der Waals surface area contributed by atoms with E-state index in [4.69, 9.17) is 4.74 Å². The average Bonchev–Trinajstić information content (AvgIpc) is 2.45. The zero-order chi connectivity index (χ0) is 14.6. The number of halogens is 3. The van der Waals surface area contributed by atoms with E-state index in [9.17, 15) is 13.2 Å². The first-order chi connectivity index (χ1) is 9.49. The van der Waals surface area contributed by atoms with Crippen LogP contribution >= 0.6 is 0 Å². The van der Waals surface area contributed by atoms with Gasteiger partial charge >= 0.3 is 6.18 Å². The van der Waals surface area contributed by atoms with Gasteiger partial charge in [0.15, 0.2) is 0 Å². The van der Waals surface area contributed by atoms with Gasteiger partial charge in [-0.3, -0.25) is 4.99 Å². The molecule has 106 valence electrons. The molecule has 0 saturated carbocycles. The number of methoxy groups -OCH3 is 1. The van der Waals surface area contributed by atoms with Gasteiger partial charge in [0.1, 0.15) is 5.76 Å². The number of allylic oxidation sites excluding steroid dienone is 1. The van der Waals surface area contributed by atoms with Crippen LogP contribution in [-0.4, -0.2) is 19.4 Å². The summed E-state index contributed by atoms with van der Waals surface area (Å²) in [6.45, 7) is 0. The van der Waals surface area contributed by atoms with Gasteiger partial charge in [-0.25, -0.2) is 0 Å². The van der Waals surface area contributed by atoms with Crippen LogP contribution in [0, 0.1) is 0 Å². The van der Waals surface area contributed by atoms with Crippen molar-refractivity contribution in [3.05, 3.63) is 59.4 Å². The summed E-state index contributed by atoms with van der Waals surface area (Å²) in [5, 5.41) is 0. The second-order valence-corrected chi connectivity index (χ2v) is 4.37. The Morgan fingerprint density at radius 2 is 2.15 bits per heavy atom. The smallest absolute Gasteiger partial charge is 0.416 e. The summed E-state index contributed by atoms with van der Waals surface area (Å²) in [6.07, 6.45) is 3.38. The zero-order valence-corrected chi connectivity index (χ0v) is 10.9. The van der Waals surface area contributed by atoms with Crippen molar-refractivity contribution in [3.8, 4) is 0 Å². The van der Waals surface area contributed by atoms with E-state index in [2.05, 4.69) is 4.99 Å². The van der Waals surface area contributed by atoms with Gasteiger partial charge in [-0.05, 0) is 36.3 Å². The SMILES string of the molecule is COC1=CCC(/N=C/c2cccc(C(F)(F)F)c2)C=C1. The number of nitrogens with zero attached hydrogens (tertiary/aromatic N) is 1. The van der Waals surface area contributed by atoms with E-state index >= 15 is 0 Å². The molecule has 1 aliphatic carbocycles. The molecule has 1 atom stereocenters. The highest BCUT2D eigenvalue weighted by molar-refractivity contribution is 5.80. The number of alkyl halides is 3. The molecule has 0 fully saturated rings. The fourth-order valence-corrected chi connectivity index (χ4v) is 1.83. The predicted octanol–water partition coefficient (Wildman–Crippen LogP) is 3.98. The molecule has 1 unspecified atom stereocenters. The third-order valence-corrected chi connectivity index (χ3v) is 2.91. The zero-order valence-electron chi connectivity index (χ0n) is 10.9. The molecule has 0 amide bonds. The first kappa shape index (κ1) is 14.4. The maximum atomic E-state index is 12.6. The van der Waals surface area contributed by atoms with Crippen molar-refractivity contribution in [1.82, 2.24) is 0 Å². The van der Waals surface area contributed by atoms with Crippen molar-refractivity contribution >= 4 is 6.21 Å². The number of hydrogen-bond donors (Lipinski definition) is 0. The van der Waals surface area contributed by atoms with Gasteiger partial charge < -0.3 is 4.74 Å². The molecule has 1 aromatic rings. The van der Waals surface area contributed by atoms with E-state index in [1.165, 1.54) is 12.3 Å². The van der Waals surface area contributed by atoms with Gasteiger partial charge in [-0.15, -0.1) is 0 Å². The third-order valence-electron chi connectivity index (χ3n) is 2.91. The van der Waals surface area contributed by atoms with Crippen molar-refractivity contribution in [2.75, 3.05) is 7.11 Å². The molecule has 0 spiro atoms. The van der Waals surface area contributed by atoms with Crippen LogP contribution in [0.3, 0.4) is 0 Å². The highest BCUT2D eigenvalue weighted by atomic mass is 19.4. The quantitative estimate of drug-likeness (QED) is 0.768. The Balaban J connectivity index is 2.06. The third kappa shape index (κ3) is 3.73. The largest absolute Gasteiger partial charge is 0.497 e. The van der Waals surface area contributed by atoms with Crippen LogP contribution < -0.4 is 0 Å². The van der Waals surface area contributed by atoms with Crippen LogP contribution in [0.1, 0.15) is 17.5 Å².